The van der Waals surface area contributed by atoms with Gasteiger partial charge in [0.05, 0.1) is 0 Å². The minimum atomic E-state index is 0.881. The van der Waals surface area contributed by atoms with Crippen molar-refractivity contribution in [2.75, 3.05) is 6.54 Å². The van der Waals surface area contributed by atoms with Crippen molar-refractivity contribution in [2.45, 2.75) is 33.2 Å². The van der Waals surface area contributed by atoms with Crippen molar-refractivity contribution >= 4 is 0 Å². The highest BCUT2D eigenvalue weighted by Crippen LogP contribution is 2.21. The lowest BCUT2D eigenvalue weighted by Gasteiger charge is -2.07. The Morgan fingerprint density at radius 3 is 2.63 bits per heavy atom. The molecule has 0 aliphatic carbocycles. The molecule has 0 fully saturated rings. The molecule has 0 unspecified atom stereocenters. The topological polar surface area (TPSA) is 24.9 Å². The van der Waals surface area contributed by atoms with Crippen LogP contribution in [0.2, 0.25) is 0 Å². The lowest BCUT2D eigenvalue weighted by molar-refractivity contribution is 0.724. The average molecular weight is 254 g/mol. The Morgan fingerprint density at radius 2 is 1.84 bits per heavy atom. The number of hydrogen-bond donors (Lipinski definition) is 1. The van der Waals surface area contributed by atoms with E-state index in [1.54, 1.807) is 0 Å². The SMILES string of the molecule is CCCc1cccc(-c2cncc(CNCC)c2)c1. The van der Waals surface area contributed by atoms with Crippen LogP contribution in [0, 0.1) is 0 Å². The summed E-state index contributed by atoms with van der Waals surface area (Å²) < 4.78 is 0. The average Bonchev–Trinajstić information content (AvgIpc) is 2.46. The Hall–Kier alpha value is -1.67. The predicted molar refractivity (Wildman–Crippen MR) is 81.0 cm³/mol. The first kappa shape index (κ1) is 13.8. The van der Waals surface area contributed by atoms with Gasteiger partial charge >= 0.3 is 0 Å². The second-order valence-electron chi connectivity index (χ2n) is 4.81. The molecule has 0 spiro atoms. The monoisotopic (exact) mass is 254 g/mol. The molecule has 0 amide bonds. The molecule has 2 heteroatoms. The molecule has 0 bridgehead atoms. The second kappa shape index (κ2) is 7.05. The maximum atomic E-state index is 4.35. The van der Waals surface area contributed by atoms with Crippen molar-refractivity contribution in [2.24, 2.45) is 0 Å². The minimum absolute atomic E-state index is 0.881. The van der Waals surface area contributed by atoms with Crippen LogP contribution in [-0.2, 0) is 13.0 Å². The van der Waals surface area contributed by atoms with Gasteiger partial charge in [0.25, 0.3) is 0 Å². The fraction of sp³-hybridized carbons (Fsp3) is 0.353. The van der Waals surface area contributed by atoms with E-state index in [1.807, 2.05) is 12.4 Å². The molecule has 19 heavy (non-hydrogen) atoms. The van der Waals surface area contributed by atoms with Gasteiger partial charge < -0.3 is 5.32 Å². The highest BCUT2D eigenvalue weighted by molar-refractivity contribution is 5.63. The standard InChI is InChI=1S/C17H22N2/c1-3-6-14-7-5-8-16(9-14)17-10-15(11-18-4-2)12-19-13-17/h5,7-10,12-13,18H,3-4,6,11H2,1-2H3. The van der Waals surface area contributed by atoms with Crippen LogP contribution in [0.4, 0.5) is 0 Å². The summed E-state index contributed by atoms with van der Waals surface area (Å²) in [5, 5.41) is 3.33. The predicted octanol–water partition coefficient (Wildman–Crippen LogP) is 3.81. The van der Waals surface area contributed by atoms with Gasteiger partial charge in [-0.3, -0.25) is 4.98 Å². The molecule has 0 saturated heterocycles. The normalized spacial score (nSPS) is 10.6. The minimum Gasteiger partial charge on any atom is -0.313 e. The Morgan fingerprint density at radius 1 is 1.00 bits per heavy atom. The fourth-order valence-corrected chi connectivity index (χ4v) is 2.21. The first-order chi connectivity index (χ1) is 9.33. The summed E-state index contributed by atoms with van der Waals surface area (Å²) >= 11 is 0. The summed E-state index contributed by atoms with van der Waals surface area (Å²) in [7, 11) is 0. The molecular formula is C17H22N2. The van der Waals surface area contributed by atoms with Gasteiger partial charge in [0, 0.05) is 24.5 Å². The third kappa shape index (κ3) is 3.90. The van der Waals surface area contributed by atoms with E-state index in [1.165, 1.54) is 28.7 Å². The van der Waals surface area contributed by atoms with E-state index in [0.29, 0.717) is 0 Å². The summed E-state index contributed by atoms with van der Waals surface area (Å²) in [6.45, 7) is 6.19. The summed E-state index contributed by atoms with van der Waals surface area (Å²) in [5.41, 5.74) is 5.10. The van der Waals surface area contributed by atoms with Gasteiger partial charge in [0.1, 0.15) is 0 Å². The van der Waals surface area contributed by atoms with Crippen LogP contribution in [0.15, 0.2) is 42.7 Å². The zero-order valence-electron chi connectivity index (χ0n) is 11.8. The van der Waals surface area contributed by atoms with E-state index in [4.69, 9.17) is 0 Å². The number of rotatable bonds is 6. The molecule has 2 aromatic rings. The molecule has 0 aliphatic rings. The zero-order valence-corrected chi connectivity index (χ0v) is 11.8. The highest BCUT2D eigenvalue weighted by Gasteiger charge is 2.01. The van der Waals surface area contributed by atoms with Crippen LogP contribution in [-0.4, -0.2) is 11.5 Å². The molecule has 1 heterocycles. The molecule has 1 aromatic heterocycles. The van der Waals surface area contributed by atoms with Crippen molar-refractivity contribution in [3.05, 3.63) is 53.9 Å². The summed E-state index contributed by atoms with van der Waals surface area (Å²) in [5.74, 6) is 0. The van der Waals surface area contributed by atoms with Crippen molar-refractivity contribution in [1.29, 1.82) is 0 Å². The molecule has 0 atom stereocenters. The van der Waals surface area contributed by atoms with Crippen molar-refractivity contribution in [3.8, 4) is 11.1 Å². The van der Waals surface area contributed by atoms with Gasteiger partial charge in [0.2, 0.25) is 0 Å². The van der Waals surface area contributed by atoms with E-state index in [0.717, 1.165) is 19.5 Å². The van der Waals surface area contributed by atoms with E-state index in [-0.39, 0.29) is 0 Å². The van der Waals surface area contributed by atoms with Crippen LogP contribution in [0.25, 0.3) is 11.1 Å². The molecule has 0 radical (unpaired) electrons. The number of nitrogens with zero attached hydrogens (tertiary/aromatic N) is 1. The number of hydrogen-bond acceptors (Lipinski definition) is 2. The smallest absolute Gasteiger partial charge is 0.0346 e. The van der Waals surface area contributed by atoms with Crippen LogP contribution >= 0.6 is 0 Å². The Bertz CT molecular complexity index is 520. The number of pyridine rings is 1. The van der Waals surface area contributed by atoms with E-state index < -0.39 is 0 Å². The maximum absolute atomic E-state index is 4.35. The molecule has 2 nitrogen and oxygen atoms in total. The lowest BCUT2D eigenvalue weighted by atomic mass is 10.0. The van der Waals surface area contributed by atoms with Gasteiger partial charge in [-0.1, -0.05) is 44.5 Å². The Kier molecular flexibility index (Phi) is 5.10. The zero-order chi connectivity index (χ0) is 13.5. The van der Waals surface area contributed by atoms with Crippen LogP contribution < -0.4 is 5.32 Å². The van der Waals surface area contributed by atoms with Crippen molar-refractivity contribution in [1.82, 2.24) is 10.3 Å². The van der Waals surface area contributed by atoms with Crippen LogP contribution in [0.1, 0.15) is 31.4 Å². The molecule has 1 aromatic carbocycles. The van der Waals surface area contributed by atoms with Gasteiger partial charge in [-0.25, -0.2) is 0 Å². The first-order valence-corrected chi connectivity index (χ1v) is 7.07. The first-order valence-electron chi connectivity index (χ1n) is 7.07. The third-order valence-corrected chi connectivity index (χ3v) is 3.17. The Labute approximate surface area is 115 Å². The van der Waals surface area contributed by atoms with Crippen molar-refractivity contribution < 1.29 is 0 Å². The fourth-order valence-electron chi connectivity index (χ4n) is 2.21. The molecule has 0 aliphatic heterocycles. The van der Waals surface area contributed by atoms with E-state index >= 15 is 0 Å². The largest absolute Gasteiger partial charge is 0.313 e. The number of aryl methyl sites for hydroxylation is 1. The van der Waals surface area contributed by atoms with Crippen molar-refractivity contribution in [3.63, 3.8) is 0 Å². The quantitative estimate of drug-likeness (QED) is 0.848. The Balaban J connectivity index is 2.23. The molecule has 0 saturated carbocycles. The van der Waals surface area contributed by atoms with E-state index in [2.05, 4.69) is 54.5 Å². The van der Waals surface area contributed by atoms with Gasteiger partial charge in [-0.05, 0) is 35.7 Å². The van der Waals surface area contributed by atoms with Crippen LogP contribution in [0.5, 0.6) is 0 Å². The summed E-state index contributed by atoms with van der Waals surface area (Å²) in [4.78, 5) is 4.35. The summed E-state index contributed by atoms with van der Waals surface area (Å²) in [6.07, 6.45) is 6.20. The van der Waals surface area contributed by atoms with Gasteiger partial charge in [0.15, 0.2) is 0 Å². The van der Waals surface area contributed by atoms with Gasteiger partial charge in [-0.15, -0.1) is 0 Å². The third-order valence-electron chi connectivity index (χ3n) is 3.17. The van der Waals surface area contributed by atoms with E-state index in [9.17, 15) is 0 Å². The highest BCUT2D eigenvalue weighted by atomic mass is 14.8. The second-order valence-corrected chi connectivity index (χ2v) is 4.81. The van der Waals surface area contributed by atoms with Crippen LogP contribution in [0.3, 0.4) is 0 Å². The number of aromatic nitrogens is 1. The molecule has 2 rings (SSSR count). The maximum Gasteiger partial charge on any atom is 0.0346 e. The van der Waals surface area contributed by atoms with Gasteiger partial charge in [-0.2, -0.15) is 0 Å². The number of benzene rings is 1. The summed E-state index contributed by atoms with van der Waals surface area (Å²) in [6, 6.07) is 11.0. The molecular weight excluding hydrogens is 232 g/mol. The molecule has 1 N–H and O–H groups in total. The molecule has 100 valence electrons. The lowest BCUT2D eigenvalue weighted by Crippen LogP contribution is -2.11. The number of nitrogens with one attached hydrogen (secondary N) is 1.